The van der Waals surface area contributed by atoms with Crippen molar-refractivity contribution in [1.82, 2.24) is 9.62 Å². The van der Waals surface area contributed by atoms with Crippen LogP contribution in [-0.2, 0) is 10.0 Å². The molecular weight excluding hydrogens is 432 g/mol. The molecule has 0 radical (unpaired) electrons. The molecular formula is C22H28N4O5S. The molecule has 1 unspecified atom stereocenters. The quantitative estimate of drug-likeness (QED) is 0.502. The van der Waals surface area contributed by atoms with Gasteiger partial charge in [-0.25, -0.2) is 8.42 Å². The lowest BCUT2D eigenvalue weighted by atomic mass is 9.89. The van der Waals surface area contributed by atoms with Gasteiger partial charge < -0.3 is 10.2 Å². The number of benzene rings is 2. The van der Waals surface area contributed by atoms with Gasteiger partial charge in [0.2, 0.25) is 10.0 Å². The molecule has 0 saturated carbocycles. The molecule has 1 aliphatic rings. The summed E-state index contributed by atoms with van der Waals surface area (Å²) in [6.45, 7) is 4.88. The molecule has 0 aromatic heterocycles. The van der Waals surface area contributed by atoms with Gasteiger partial charge in [0.25, 0.3) is 11.6 Å². The first-order valence-electron chi connectivity index (χ1n) is 10.5. The average Bonchev–Trinajstić information content (AvgIpc) is 2.82. The van der Waals surface area contributed by atoms with Gasteiger partial charge in [-0.15, -0.1) is 0 Å². The fourth-order valence-corrected chi connectivity index (χ4v) is 5.09. The van der Waals surface area contributed by atoms with Crippen LogP contribution in [0.2, 0.25) is 0 Å². The van der Waals surface area contributed by atoms with Crippen molar-refractivity contribution in [3.63, 3.8) is 0 Å². The lowest BCUT2D eigenvalue weighted by Gasteiger charge is -2.35. The highest BCUT2D eigenvalue weighted by molar-refractivity contribution is 7.89. The predicted octanol–water partition coefficient (Wildman–Crippen LogP) is 2.58. The molecule has 10 heteroatoms. The minimum atomic E-state index is -3.28. The summed E-state index contributed by atoms with van der Waals surface area (Å²) in [5, 5.41) is 14.5. The molecule has 0 bridgehead atoms. The summed E-state index contributed by atoms with van der Waals surface area (Å²) in [5.74, 6) is -0.404. The fraction of sp³-hybridized carbons (Fsp3) is 0.409. The van der Waals surface area contributed by atoms with Crippen LogP contribution in [0.15, 0.2) is 42.5 Å². The highest BCUT2D eigenvalue weighted by Crippen LogP contribution is 2.35. The molecule has 1 fully saturated rings. The zero-order chi connectivity index (χ0) is 23.5. The van der Waals surface area contributed by atoms with Crippen molar-refractivity contribution in [2.24, 2.45) is 0 Å². The third-order valence-electron chi connectivity index (χ3n) is 5.93. The van der Waals surface area contributed by atoms with E-state index in [1.165, 1.54) is 4.31 Å². The van der Waals surface area contributed by atoms with E-state index in [-0.39, 0.29) is 23.3 Å². The van der Waals surface area contributed by atoms with Gasteiger partial charge in [-0.2, -0.15) is 4.31 Å². The summed E-state index contributed by atoms with van der Waals surface area (Å²) in [4.78, 5) is 25.6. The number of piperazine rings is 1. The molecule has 2 aromatic carbocycles. The average molecular weight is 461 g/mol. The van der Waals surface area contributed by atoms with Gasteiger partial charge >= 0.3 is 0 Å². The Hall–Kier alpha value is -2.98. The number of nitro benzene ring substituents is 1. The van der Waals surface area contributed by atoms with E-state index in [1.54, 1.807) is 38.2 Å². The van der Waals surface area contributed by atoms with Crippen LogP contribution in [0.25, 0.3) is 0 Å². The monoisotopic (exact) mass is 460 g/mol. The van der Waals surface area contributed by atoms with Crippen molar-refractivity contribution in [3.05, 3.63) is 69.3 Å². The molecule has 1 heterocycles. The highest BCUT2D eigenvalue weighted by atomic mass is 32.2. The number of sulfonamides is 1. The zero-order valence-electron chi connectivity index (χ0n) is 18.4. The van der Waals surface area contributed by atoms with Crippen LogP contribution in [0, 0.1) is 10.1 Å². The summed E-state index contributed by atoms with van der Waals surface area (Å²) in [5.41, 5.74) is 2.48. The molecule has 1 saturated heterocycles. The number of nitrogens with zero attached hydrogens (tertiary/aromatic N) is 3. The number of rotatable bonds is 7. The van der Waals surface area contributed by atoms with Crippen molar-refractivity contribution in [2.75, 3.05) is 43.9 Å². The number of carbonyl (C=O) groups excluding carboxylic acids is 1. The van der Waals surface area contributed by atoms with E-state index in [9.17, 15) is 23.3 Å². The molecule has 32 heavy (non-hydrogen) atoms. The summed E-state index contributed by atoms with van der Waals surface area (Å²) in [7, 11) is -1.71. The molecule has 1 amide bonds. The molecule has 3 rings (SSSR count). The van der Waals surface area contributed by atoms with Crippen LogP contribution < -0.4 is 10.2 Å². The van der Waals surface area contributed by atoms with Crippen LogP contribution in [0.3, 0.4) is 0 Å². The predicted molar refractivity (Wildman–Crippen MR) is 124 cm³/mol. The maximum atomic E-state index is 12.3. The Labute approximate surface area is 188 Å². The highest BCUT2D eigenvalue weighted by Gasteiger charge is 2.29. The molecule has 0 spiro atoms. The van der Waals surface area contributed by atoms with Crippen molar-refractivity contribution < 1.29 is 18.1 Å². The summed E-state index contributed by atoms with van der Waals surface area (Å²) >= 11 is 0. The van der Waals surface area contributed by atoms with Gasteiger partial charge in [0.05, 0.1) is 10.7 Å². The minimum absolute atomic E-state index is 0.0291. The number of hydrogen-bond acceptors (Lipinski definition) is 6. The van der Waals surface area contributed by atoms with Crippen LogP contribution in [-0.4, -0.2) is 62.5 Å². The maximum absolute atomic E-state index is 12.3. The number of anilines is 1. The molecule has 2 aromatic rings. The van der Waals surface area contributed by atoms with E-state index in [2.05, 4.69) is 5.32 Å². The topological polar surface area (TPSA) is 113 Å². The smallest absolute Gasteiger partial charge is 0.292 e. The first-order valence-corrected chi connectivity index (χ1v) is 12.1. The maximum Gasteiger partial charge on any atom is 0.292 e. The van der Waals surface area contributed by atoms with Crippen LogP contribution in [0.1, 0.15) is 41.3 Å². The van der Waals surface area contributed by atoms with E-state index in [1.807, 2.05) is 30.0 Å². The molecule has 0 aliphatic carbocycles. The Morgan fingerprint density at radius 3 is 2.41 bits per heavy atom. The number of hydrogen-bond donors (Lipinski definition) is 1. The molecule has 172 valence electrons. The van der Waals surface area contributed by atoms with E-state index in [0.29, 0.717) is 37.4 Å². The molecule has 1 atom stereocenters. The first kappa shape index (κ1) is 23.7. The Balaban J connectivity index is 1.90. The first-order chi connectivity index (χ1) is 15.2. The molecule has 9 nitrogen and oxygen atoms in total. The standard InChI is InChI=1S/C22H28N4O5S/c1-4-32(30,31)25-13-11-24(12-14-25)20-10-9-17(15-21(20)26(28)29)16(2)18-7-5-6-8-19(18)22(27)23-3/h5-10,15-16H,4,11-14H2,1-3H3,(H,23,27). The Morgan fingerprint density at radius 2 is 1.81 bits per heavy atom. The van der Waals surface area contributed by atoms with E-state index < -0.39 is 14.9 Å². The van der Waals surface area contributed by atoms with E-state index in [0.717, 1.165) is 11.1 Å². The number of carbonyl (C=O) groups is 1. The minimum Gasteiger partial charge on any atom is -0.363 e. The second-order valence-electron chi connectivity index (χ2n) is 7.68. The molecule has 1 aliphatic heterocycles. The fourth-order valence-electron chi connectivity index (χ4n) is 4.01. The third-order valence-corrected chi connectivity index (χ3v) is 7.81. The van der Waals surface area contributed by atoms with Crippen molar-refractivity contribution in [3.8, 4) is 0 Å². The SMILES string of the molecule is CCS(=O)(=O)N1CCN(c2ccc(C(C)c3ccccc3C(=O)NC)cc2[N+](=O)[O-])CC1. The lowest BCUT2D eigenvalue weighted by Crippen LogP contribution is -2.49. The van der Waals surface area contributed by atoms with Crippen LogP contribution in [0.5, 0.6) is 0 Å². The van der Waals surface area contributed by atoms with Gasteiger partial charge in [0.1, 0.15) is 5.69 Å². The van der Waals surface area contributed by atoms with Gasteiger partial charge in [-0.3, -0.25) is 14.9 Å². The Morgan fingerprint density at radius 1 is 1.16 bits per heavy atom. The van der Waals surface area contributed by atoms with Crippen molar-refractivity contribution in [2.45, 2.75) is 19.8 Å². The van der Waals surface area contributed by atoms with Crippen molar-refractivity contribution in [1.29, 1.82) is 0 Å². The van der Waals surface area contributed by atoms with Gasteiger partial charge in [0, 0.05) is 50.8 Å². The second kappa shape index (κ2) is 9.66. The zero-order valence-corrected chi connectivity index (χ0v) is 19.3. The van der Waals surface area contributed by atoms with Crippen LogP contribution in [0.4, 0.5) is 11.4 Å². The van der Waals surface area contributed by atoms with E-state index >= 15 is 0 Å². The Bertz CT molecular complexity index is 1110. The van der Waals surface area contributed by atoms with Crippen LogP contribution >= 0.6 is 0 Å². The van der Waals surface area contributed by atoms with Gasteiger partial charge in [0.15, 0.2) is 0 Å². The number of nitro groups is 1. The summed E-state index contributed by atoms with van der Waals surface area (Å²) < 4.78 is 25.6. The van der Waals surface area contributed by atoms with Gasteiger partial charge in [-0.1, -0.05) is 31.2 Å². The summed E-state index contributed by atoms with van der Waals surface area (Å²) in [6.07, 6.45) is 0. The number of nitrogens with one attached hydrogen (secondary N) is 1. The van der Waals surface area contributed by atoms with E-state index in [4.69, 9.17) is 0 Å². The largest absolute Gasteiger partial charge is 0.363 e. The van der Waals surface area contributed by atoms with Crippen molar-refractivity contribution >= 4 is 27.3 Å². The Kier molecular flexibility index (Phi) is 7.15. The second-order valence-corrected chi connectivity index (χ2v) is 9.94. The summed E-state index contributed by atoms with van der Waals surface area (Å²) in [6, 6.07) is 12.3. The molecule has 1 N–H and O–H groups in total. The normalized spacial score (nSPS) is 15.9. The van der Waals surface area contributed by atoms with Gasteiger partial charge in [-0.05, 0) is 30.2 Å². The number of amides is 1. The lowest BCUT2D eigenvalue weighted by molar-refractivity contribution is -0.384. The third kappa shape index (κ3) is 4.76.